The Morgan fingerprint density at radius 2 is 2.33 bits per heavy atom. The quantitative estimate of drug-likeness (QED) is 0.609. The summed E-state index contributed by atoms with van der Waals surface area (Å²) in [4.78, 5) is 0. The van der Waals surface area contributed by atoms with Gasteiger partial charge in [0.2, 0.25) is 0 Å². The van der Waals surface area contributed by atoms with Gasteiger partial charge in [0, 0.05) is 11.3 Å². The van der Waals surface area contributed by atoms with Gasteiger partial charge in [-0.25, -0.2) is 0 Å². The van der Waals surface area contributed by atoms with Crippen LogP contribution in [0.15, 0.2) is 22.8 Å². The first kappa shape index (κ1) is 8.18. The van der Waals surface area contributed by atoms with Gasteiger partial charge in [0.05, 0.1) is 6.26 Å². The monoisotopic (exact) mass is 184 g/mol. The molecule has 1 aliphatic carbocycles. The Morgan fingerprint density at radius 1 is 1.42 bits per heavy atom. The van der Waals surface area contributed by atoms with Crippen molar-refractivity contribution in [1.82, 2.24) is 0 Å². The molecule has 0 bridgehead atoms. The lowest BCUT2D eigenvalue weighted by molar-refractivity contribution is 0.378. The molecule has 1 aromatic rings. The van der Waals surface area contributed by atoms with Crippen LogP contribution in [0.2, 0.25) is 0 Å². The first-order chi connectivity index (χ1) is 5.86. The van der Waals surface area contributed by atoms with Crippen molar-refractivity contribution in [2.24, 2.45) is 0 Å². The molecule has 0 radical (unpaired) electrons. The molecule has 2 unspecified atom stereocenters. The average molecular weight is 185 g/mol. The van der Waals surface area contributed by atoms with Crippen LogP contribution in [0.3, 0.4) is 0 Å². The normalized spacial score (nSPS) is 30.4. The van der Waals surface area contributed by atoms with E-state index >= 15 is 0 Å². The molecule has 0 amide bonds. The van der Waals surface area contributed by atoms with Crippen LogP contribution in [0.5, 0.6) is 0 Å². The third-order valence-corrected chi connectivity index (χ3v) is 2.95. The summed E-state index contributed by atoms with van der Waals surface area (Å²) in [5, 5.41) is 0.355. The van der Waals surface area contributed by atoms with Crippen molar-refractivity contribution in [2.75, 3.05) is 0 Å². The van der Waals surface area contributed by atoms with Crippen LogP contribution in [-0.2, 0) is 0 Å². The van der Waals surface area contributed by atoms with Crippen LogP contribution in [0.1, 0.15) is 37.4 Å². The molecule has 1 fully saturated rings. The Balaban J connectivity index is 2.04. The zero-order valence-corrected chi connectivity index (χ0v) is 7.76. The van der Waals surface area contributed by atoms with E-state index in [1.165, 1.54) is 19.3 Å². The Hall–Kier alpha value is -0.430. The van der Waals surface area contributed by atoms with Crippen molar-refractivity contribution in [1.29, 1.82) is 0 Å². The van der Waals surface area contributed by atoms with Crippen molar-refractivity contribution >= 4 is 11.6 Å². The van der Waals surface area contributed by atoms with Gasteiger partial charge in [-0.15, -0.1) is 11.6 Å². The summed E-state index contributed by atoms with van der Waals surface area (Å²) in [6.07, 6.45) is 6.46. The molecule has 2 heteroatoms. The minimum Gasteiger partial charge on any atom is -0.469 e. The van der Waals surface area contributed by atoms with Gasteiger partial charge in [-0.05, 0) is 31.4 Å². The van der Waals surface area contributed by atoms with E-state index in [0.717, 1.165) is 12.2 Å². The number of halogens is 1. The highest BCUT2D eigenvalue weighted by atomic mass is 35.5. The van der Waals surface area contributed by atoms with Crippen LogP contribution < -0.4 is 0 Å². The van der Waals surface area contributed by atoms with E-state index in [9.17, 15) is 0 Å². The van der Waals surface area contributed by atoms with Crippen LogP contribution >= 0.6 is 11.6 Å². The summed E-state index contributed by atoms with van der Waals surface area (Å²) in [5.74, 6) is 1.68. The zero-order valence-electron chi connectivity index (χ0n) is 7.00. The fraction of sp³-hybridized carbons (Fsp3) is 0.600. The van der Waals surface area contributed by atoms with Crippen molar-refractivity contribution in [3.05, 3.63) is 24.2 Å². The topological polar surface area (TPSA) is 13.1 Å². The SMILES string of the molecule is ClC1CCCC(c2ccco2)C1. The molecule has 1 heterocycles. The standard InChI is InChI=1S/C10H13ClO/c11-9-4-1-3-8(7-9)10-5-2-6-12-10/h2,5-6,8-9H,1,3-4,7H2. The van der Waals surface area contributed by atoms with E-state index in [2.05, 4.69) is 6.07 Å². The fourth-order valence-corrected chi connectivity index (χ4v) is 2.28. The first-order valence-corrected chi connectivity index (χ1v) is 4.97. The smallest absolute Gasteiger partial charge is 0.106 e. The number of alkyl halides is 1. The Labute approximate surface area is 77.7 Å². The third kappa shape index (κ3) is 1.66. The lowest BCUT2D eigenvalue weighted by Gasteiger charge is -2.23. The Bertz CT molecular complexity index is 230. The first-order valence-electron chi connectivity index (χ1n) is 4.54. The molecule has 0 spiro atoms. The highest BCUT2D eigenvalue weighted by molar-refractivity contribution is 6.20. The minimum atomic E-state index is 0.355. The molecule has 2 rings (SSSR count). The molecule has 1 aromatic heterocycles. The molecular weight excluding hydrogens is 172 g/mol. The van der Waals surface area contributed by atoms with Gasteiger partial charge >= 0.3 is 0 Å². The molecule has 0 aromatic carbocycles. The Kier molecular flexibility index (Phi) is 2.40. The summed E-state index contributed by atoms with van der Waals surface area (Å²) >= 11 is 6.09. The summed E-state index contributed by atoms with van der Waals surface area (Å²) in [7, 11) is 0. The van der Waals surface area contributed by atoms with E-state index in [0.29, 0.717) is 11.3 Å². The summed E-state index contributed by atoms with van der Waals surface area (Å²) in [6, 6.07) is 4.01. The third-order valence-electron chi connectivity index (χ3n) is 2.56. The molecule has 0 aliphatic heterocycles. The molecular formula is C10H13ClO. The number of rotatable bonds is 1. The number of hydrogen-bond acceptors (Lipinski definition) is 1. The molecule has 1 nitrogen and oxygen atoms in total. The summed E-state index contributed by atoms with van der Waals surface area (Å²) in [6.45, 7) is 0. The molecule has 12 heavy (non-hydrogen) atoms. The van der Waals surface area contributed by atoms with Gasteiger partial charge in [0.15, 0.2) is 0 Å². The Morgan fingerprint density at radius 3 is 3.00 bits per heavy atom. The molecule has 0 N–H and O–H groups in total. The maximum absolute atomic E-state index is 6.09. The van der Waals surface area contributed by atoms with E-state index in [4.69, 9.17) is 16.0 Å². The van der Waals surface area contributed by atoms with Gasteiger partial charge in [0.25, 0.3) is 0 Å². The predicted octanol–water partition coefficient (Wildman–Crippen LogP) is 3.54. The average Bonchev–Trinajstić information content (AvgIpc) is 2.56. The maximum Gasteiger partial charge on any atom is 0.106 e. The van der Waals surface area contributed by atoms with Crippen molar-refractivity contribution < 1.29 is 4.42 Å². The second-order valence-corrected chi connectivity index (χ2v) is 4.09. The van der Waals surface area contributed by atoms with Crippen molar-refractivity contribution in [3.63, 3.8) is 0 Å². The number of hydrogen-bond donors (Lipinski definition) is 0. The van der Waals surface area contributed by atoms with E-state index in [1.807, 2.05) is 6.07 Å². The van der Waals surface area contributed by atoms with Crippen LogP contribution in [0, 0.1) is 0 Å². The second-order valence-electron chi connectivity index (χ2n) is 3.48. The van der Waals surface area contributed by atoms with E-state index < -0.39 is 0 Å². The van der Waals surface area contributed by atoms with E-state index in [-0.39, 0.29) is 0 Å². The lowest BCUT2D eigenvalue weighted by Crippen LogP contribution is -2.13. The summed E-state index contributed by atoms with van der Waals surface area (Å²) in [5.41, 5.74) is 0. The van der Waals surface area contributed by atoms with Crippen molar-refractivity contribution in [2.45, 2.75) is 37.0 Å². The van der Waals surface area contributed by atoms with Crippen molar-refractivity contribution in [3.8, 4) is 0 Å². The minimum absolute atomic E-state index is 0.355. The molecule has 1 saturated carbocycles. The molecule has 66 valence electrons. The molecule has 2 atom stereocenters. The zero-order chi connectivity index (χ0) is 8.39. The highest BCUT2D eigenvalue weighted by Gasteiger charge is 2.23. The largest absolute Gasteiger partial charge is 0.469 e. The number of furan rings is 1. The van der Waals surface area contributed by atoms with Crippen LogP contribution in [-0.4, -0.2) is 5.38 Å². The lowest BCUT2D eigenvalue weighted by atomic mass is 9.87. The molecule has 1 aliphatic rings. The highest BCUT2D eigenvalue weighted by Crippen LogP contribution is 2.35. The molecule has 0 saturated heterocycles. The van der Waals surface area contributed by atoms with Gasteiger partial charge in [0.1, 0.15) is 5.76 Å². The van der Waals surface area contributed by atoms with Gasteiger partial charge in [-0.3, -0.25) is 0 Å². The van der Waals surface area contributed by atoms with Crippen LogP contribution in [0.4, 0.5) is 0 Å². The van der Waals surface area contributed by atoms with Gasteiger partial charge in [-0.2, -0.15) is 0 Å². The fourth-order valence-electron chi connectivity index (χ4n) is 1.91. The van der Waals surface area contributed by atoms with Gasteiger partial charge < -0.3 is 4.42 Å². The predicted molar refractivity (Wildman–Crippen MR) is 49.6 cm³/mol. The maximum atomic E-state index is 6.09. The van der Waals surface area contributed by atoms with Gasteiger partial charge in [-0.1, -0.05) is 6.42 Å². The van der Waals surface area contributed by atoms with Crippen LogP contribution in [0.25, 0.3) is 0 Å². The second kappa shape index (κ2) is 3.53. The summed E-state index contributed by atoms with van der Waals surface area (Å²) < 4.78 is 5.36. The van der Waals surface area contributed by atoms with E-state index in [1.54, 1.807) is 6.26 Å².